The fourth-order valence-corrected chi connectivity index (χ4v) is 5.30. The zero-order valence-corrected chi connectivity index (χ0v) is 17.6. The highest BCUT2D eigenvalue weighted by Gasteiger charge is 2.30. The molecule has 0 radical (unpaired) electrons. The lowest BCUT2D eigenvalue weighted by molar-refractivity contribution is -0.143. The molecule has 4 heteroatoms. The van der Waals surface area contributed by atoms with Crippen molar-refractivity contribution in [3.8, 4) is 11.1 Å². The van der Waals surface area contributed by atoms with Gasteiger partial charge in [0, 0.05) is 9.75 Å². The molecular formula is C25H27NO2S. The van der Waals surface area contributed by atoms with Crippen LogP contribution in [-0.2, 0) is 11.2 Å². The first kappa shape index (κ1) is 19.9. The molecule has 1 aliphatic heterocycles. The third-order valence-electron chi connectivity index (χ3n) is 5.88. The summed E-state index contributed by atoms with van der Waals surface area (Å²) >= 11 is 1.88. The van der Waals surface area contributed by atoms with E-state index in [-0.39, 0.29) is 12.0 Å². The number of benzene rings is 2. The van der Waals surface area contributed by atoms with Crippen LogP contribution in [0.15, 0.2) is 66.7 Å². The summed E-state index contributed by atoms with van der Waals surface area (Å²) in [5.74, 6) is -0.861. The summed E-state index contributed by atoms with van der Waals surface area (Å²) in [5, 5.41) is 9.35. The summed E-state index contributed by atoms with van der Waals surface area (Å²) in [6.45, 7) is 3.83. The lowest BCUT2D eigenvalue weighted by atomic mass is 9.93. The molecule has 0 amide bonds. The lowest BCUT2D eigenvalue weighted by Crippen LogP contribution is -2.39. The molecule has 0 saturated carbocycles. The molecule has 0 aliphatic carbocycles. The predicted molar refractivity (Wildman–Crippen MR) is 119 cm³/mol. The summed E-state index contributed by atoms with van der Waals surface area (Å²) in [6.07, 6.45) is 2.49. The van der Waals surface area contributed by atoms with Gasteiger partial charge in [0.25, 0.3) is 0 Å². The van der Waals surface area contributed by atoms with E-state index < -0.39 is 5.97 Å². The first-order chi connectivity index (χ1) is 14.2. The third kappa shape index (κ3) is 4.44. The number of hydrogen-bond acceptors (Lipinski definition) is 3. The molecule has 1 aliphatic rings. The standard InChI is InChI=1S/C25H27NO2S/c1-2-22-12-13-23(29-22)24(26-16-14-21(15-17-26)25(27)28)20-10-8-19(9-11-20)18-6-4-3-5-7-18/h3-13,21,24H,2,14-17H2,1H3,(H,27,28). The van der Waals surface area contributed by atoms with Crippen molar-refractivity contribution in [2.45, 2.75) is 32.2 Å². The van der Waals surface area contributed by atoms with Crippen LogP contribution in [0.1, 0.15) is 41.1 Å². The number of nitrogens with zero attached hydrogens (tertiary/aromatic N) is 1. The maximum Gasteiger partial charge on any atom is 0.306 e. The SMILES string of the molecule is CCc1ccc(C(c2ccc(-c3ccccc3)cc2)N2CCC(C(=O)O)CC2)s1. The number of carbonyl (C=O) groups is 1. The number of thiophene rings is 1. The molecule has 3 nitrogen and oxygen atoms in total. The average Bonchev–Trinajstić information content (AvgIpc) is 3.24. The Balaban J connectivity index is 1.62. The monoisotopic (exact) mass is 405 g/mol. The van der Waals surface area contributed by atoms with Gasteiger partial charge in [-0.3, -0.25) is 9.69 Å². The van der Waals surface area contributed by atoms with Gasteiger partial charge in [-0.15, -0.1) is 11.3 Å². The van der Waals surface area contributed by atoms with Crippen LogP contribution < -0.4 is 0 Å². The molecule has 1 atom stereocenters. The number of carboxylic acids is 1. The summed E-state index contributed by atoms with van der Waals surface area (Å²) in [6, 6.07) is 24.0. The Hall–Kier alpha value is -2.43. The molecule has 4 rings (SSSR count). The van der Waals surface area contributed by atoms with Crippen molar-refractivity contribution >= 4 is 17.3 Å². The second-order valence-electron chi connectivity index (χ2n) is 7.70. The molecule has 1 N–H and O–H groups in total. The largest absolute Gasteiger partial charge is 0.481 e. The highest BCUT2D eigenvalue weighted by molar-refractivity contribution is 7.12. The van der Waals surface area contributed by atoms with Crippen molar-refractivity contribution in [1.82, 2.24) is 4.90 Å². The van der Waals surface area contributed by atoms with Crippen molar-refractivity contribution < 1.29 is 9.90 Å². The van der Waals surface area contributed by atoms with Gasteiger partial charge in [-0.2, -0.15) is 0 Å². The molecule has 1 unspecified atom stereocenters. The normalized spacial score (nSPS) is 16.6. The molecule has 29 heavy (non-hydrogen) atoms. The number of aliphatic carboxylic acids is 1. The molecule has 3 aromatic rings. The van der Waals surface area contributed by atoms with Crippen LogP contribution >= 0.6 is 11.3 Å². The average molecular weight is 406 g/mol. The molecule has 0 bridgehead atoms. The number of carboxylic acid groups (broad SMARTS) is 1. The maximum atomic E-state index is 11.4. The highest BCUT2D eigenvalue weighted by Crippen LogP contribution is 2.37. The van der Waals surface area contributed by atoms with Gasteiger partial charge in [0.15, 0.2) is 0 Å². The van der Waals surface area contributed by atoms with Gasteiger partial charge in [0.05, 0.1) is 12.0 Å². The fraction of sp³-hybridized carbons (Fsp3) is 0.320. The Morgan fingerprint density at radius 2 is 1.66 bits per heavy atom. The Morgan fingerprint density at radius 3 is 2.24 bits per heavy atom. The van der Waals surface area contributed by atoms with Crippen molar-refractivity contribution in [2.75, 3.05) is 13.1 Å². The molecule has 1 aromatic heterocycles. The van der Waals surface area contributed by atoms with Crippen molar-refractivity contribution in [1.29, 1.82) is 0 Å². The Morgan fingerprint density at radius 1 is 1.00 bits per heavy atom. The summed E-state index contributed by atoms with van der Waals surface area (Å²) in [7, 11) is 0. The van der Waals surface area contributed by atoms with Crippen molar-refractivity contribution in [3.63, 3.8) is 0 Å². The highest BCUT2D eigenvalue weighted by atomic mass is 32.1. The number of hydrogen-bond donors (Lipinski definition) is 1. The summed E-state index contributed by atoms with van der Waals surface area (Å²) < 4.78 is 0. The quantitative estimate of drug-likeness (QED) is 0.558. The molecule has 2 aromatic carbocycles. The van der Waals surface area contributed by atoms with E-state index in [0.717, 1.165) is 32.4 Å². The van der Waals surface area contributed by atoms with Crippen LogP contribution in [0.3, 0.4) is 0 Å². The van der Waals surface area contributed by atoms with Crippen molar-refractivity contribution in [2.24, 2.45) is 5.92 Å². The topological polar surface area (TPSA) is 40.5 Å². The van der Waals surface area contributed by atoms with Crippen LogP contribution in [0.5, 0.6) is 0 Å². The van der Waals surface area contributed by atoms with Gasteiger partial charge in [-0.05, 0) is 61.2 Å². The maximum absolute atomic E-state index is 11.4. The number of rotatable bonds is 6. The molecule has 1 fully saturated rings. The van der Waals surface area contributed by atoms with E-state index >= 15 is 0 Å². The van der Waals surface area contributed by atoms with E-state index in [4.69, 9.17) is 0 Å². The number of likely N-dealkylation sites (tertiary alicyclic amines) is 1. The van der Waals surface area contributed by atoms with E-state index in [9.17, 15) is 9.90 Å². The minimum Gasteiger partial charge on any atom is -0.481 e. The van der Waals surface area contributed by atoms with Crippen LogP contribution in [0, 0.1) is 5.92 Å². The second-order valence-corrected chi connectivity index (χ2v) is 8.90. The van der Waals surface area contributed by atoms with Gasteiger partial charge in [-0.25, -0.2) is 0 Å². The molecule has 0 spiro atoms. The van der Waals surface area contributed by atoms with E-state index in [0.29, 0.717) is 0 Å². The number of piperidine rings is 1. The van der Waals surface area contributed by atoms with Gasteiger partial charge >= 0.3 is 5.97 Å². The predicted octanol–water partition coefficient (Wildman–Crippen LogP) is 5.86. The van der Waals surface area contributed by atoms with E-state index in [2.05, 4.69) is 72.5 Å². The van der Waals surface area contributed by atoms with E-state index in [1.807, 2.05) is 17.4 Å². The third-order valence-corrected chi connectivity index (χ3v) is 7.16. The molecular weight excluding hydrogens is 378 g/mol. The second kappa shape index (κ2) is 8.93. The first-order valence-electron chi connectivity index (χ1n) is 10.4. The van der Waals surface area contributed by atoms with Gasteiger partial charge in [0.2, 0.25) is 0 Å². The minimum absolute atomic E-state index is 0.194. The Labute approximate surface area is 176 Å². The van der Waals surface area contributed by atoms with Crippen LogP contribution in [0.2, 0.25) is 0 Å². The Kier molecular flexibility index (Phi) is 6.12. The zero-order valence-electron chi connectivity index (χ0n) is 16.8. The van der Waals surface area contributed by atoms with E-state index in [1.165, 1.54) is 26.4 Å². The number of aryl methyl sites for hydroxylation is 1. The lowest BCUT2D eigenvalue weighted by Gasteiger charge is -2.36. The molecule has 1 saturated heterocycles. The van der Waals surface area contributed by atoms with Crippen LogP contribution in [0.4, 0.5) is 0 Å². The van der Waals surface area contributed by atoms with E-state index in [1.54, 1.807) is 0 Å². The minimum atomic E-state index is -0.655. The van der Waals surface area contributed by atoms with Crippen LogP contribution in [-0.4, -0.2) is 29.1 Å². The molecule has 2 heterocycles. The summed E-state index contributed by atoms with van der Waals surface area (Å²) in [5.41, 5.74) is 3.73. The first-order valence-corrected chi connectivity index (χ1v) is 11.2. The van der Waals surface area contributed by atoms with Gasteiger partial charge in [-0.1, -0.05) is 61.5 Å². The van der Waals surface area contributed by atoms with Crippen molar-refractivity contribution in [3.05, 3.63) is 82.0 Å². The van der Waals surface area contributed by atoms with Crippen LogP contribution in [0.25, 0.3) is 11.1 Å². The smallest absolute Gasteiger partial charge is 0.306 e. The zero-order chi connectivity index (χ0) is 20.2. The fourth-order valence-electron chi connectivity index (χ4n) is 4.18. The molecule has 150 valence electrons. The Bertz CT molecular complexity index is 940. The summed E-state index contributed by atoms with van der Waals surface area (Å²) in [4.78, 5) is 16.6. The van der Waals surface area contributed by atoms with Gasteiger partial charge in [0.1, 0.15) is 0 Å². The van der Waals surface area contributed by atoms with Gasteiger partial charge < -0.3 is 5.11 Å².